The van der Waals surface area contributed by atoms with Crippen molar-refractivity contribution >= 4 is 28.5 Å². The zero-order valence-corrected chi connectivity index (χ0v) is 11.6. The van der Waals surface area contributed by atoms with Crippen LogP contribution in [-0.4, -0.2) is 10.2 Å². The molecule has 0 saturated carbocycles. The molecule has 0 spiro atoms. The van der Waals surface area contributed by atoms with Crippen molar-refractivity contribution in [2.45, 2.75) is 31.3 Å². The highest BCUT2D eigenvalue weighted by Crippen LogP contribution is 2.26. The maximum atomic E-state index is 5.56. The molecule has 4 heteroatoms. The number of aromatic nitrogens is 1. The lowest BCUT2D eigenvalue weighted by Crippen LogP contribution is -2.11. The molecule has 3 N–H and O–H groups in total. The minimum absolute atomic E-state index is 0.655. The lowest BCUT2D eigenvalue weighted by molar-refractivity contribution is 0.905. The van der Waals surface area contributed by atoms with E-state index in [4.69, 9.17) is 5.84 Å². The van der Waals surface area contributed by atoms with E-state index in [2.05, 4.69) is 36.4 Å². The molecule has 0 aliphatic rings. The molecule has 0 aliphatic carbocycles. The van der Waals surface area contributed by atoms with Crippen molar-refractivity contribution in [2.75, 3.05) is 5.43 Å². The second kappa shape index (κ2) is 6.07. The molecular formula is C14H19N3S. The Labute approximate surface area is 112 Å². The summed E-state index contributed by atoms with van der Waals surface area (Å²) >= 11 is 1.93. The van der Waals surface area contributed by atoms with Gasteiger partial charge in [-0.05, 0) is 18.6 Å². The number of nitrogen functional groups attached to an aromatic ring is 1. The molecule has 1 atom stereocenters. The van der Waals surface area contributed by atoms with Crippen molar-refractivity contribution in [1.82, 2.24) is 4.98 Å². The fraction of sp³-hybridized carbons (Fsp3) is 0.357. The standard InChI is InChI=1S/C14H19N3S/c1-3-10(2)18-9-12-8-11-6-4-5-7-13(11)16-14(12)17-15/h4-8,10H,3,9,15H2,1-2H3,(H,16,17). The van der Waals surface area contributed by atoms with Crippen molar-refractivity contribution < 1.29 is 0 Å². The van der Waals surface area contributed by atoms with E-state index in [1.807, 2.05) is 30.0 Å². The van der Waals surface area contributed by atoms with Gasteiger partial charge in [-0.25, -0.2) is 10.8 Å². The number of benzene rings is 1. The van der Waals surface area contributed by atoms with Crippen LogP contribution in [0.1, 0.15) is 25.8 Å². The van der Waals surface area contributed by atoms with Crippen LogP contribution in [0.25, 0.3) is 10.9 Å². The van der Waals surface area contributed by atoms with Crippen LogP contribution in [0.4, 0.5) is 5.82 Å². The second-order valence-electron chi connectivity index (χ2n) is 4.36. The lowest BCUT2D eigenvalue weighted by atomic mass is 10.1. The average molecular weight is 261 g/mol. The van der Waals surface area contributed by atoms with Gasteiger partial charge in [-0.15, -0.1) is 0 Å². The molecule has 0 bridgehead atoms. The van der Waals surface area contributed by atoms with Gasteiger partial charge in [0.15, 0.2) is 0 Å². The highest BCUT2D eigenvalue weighted by molar-refractivity contribution is 7.99. The summed E-state index contributed by atoms with van der Waals surface area (Å²) in [4.78, 5) is 4.55. The Morgan fingerprint density at radius 2 is 2.17 bits per heavy atom. The van der Waals surface area contributed by atoms with Crippen LogP contribution < -0.4 is 11.3 Å². The Morgan fingerprint density at radius 3 is 2.89 bits per heavy atom. The van der Waals surface area contributed by atoms with E-state index < -0.39 is 0 Å². The van der Waals surface area contributed by atoms with Gasteiger partial charge in [0.25, 0.3) is 0 Å². The van der Waals surface area contributed by atoms with E-state index in [1.54, 1.807) is 0 Å². The Morgan fingerprint density at radius 1 is 1.39 bits per heavy atom. The summed E-state index contributed by atoms with van der Waals surface area (Å²) in [7, 11) is 0. The van der Waals surface area contributed by atoms with Crippen LogP contribution in [0.2, 0.25) is 0 Å². The van der Waals surface area contributed by atoms with Crippen LogP contribution in [0, 0.1) is 0 Å². The third-order valence-electron chi connectivity index (χ3n) is 3.04. The second-order valence-corrected chi connectivity index (χ2v) is 5.79. The molecule has 0 aliphatic heterocycles. The monoisotopic (exact) mass is 261 g/mol. The summed E-state index contributed by atoms with van der Waals surface area (Å²) < 4.78 is 0. The predicted molar refractivity (Wildman–Crippen MR) is 80.6 cm³/mol. The molecule has 0 fully saturated rings. The molecule has 1 heterocycles. The first-order valence-electron chi connectivity index (χ1n) is 6.21. The lowest BCUT2D eigenvalue weighted by Gasteiger charge is -2.12. The molecule has 1 unspecified atom stereocenters. The van der Waals surface area contributed by atoms with Gasteiger partial charge in [-0.3, -0.25) is 0 Å². The topological polar surface area (TPSA) is 50.9 Å². The van der Waals surface area contributed by atoms with Crippen molar-refractivity contribution in [3.8, 4) is 0 Å². The number of anilines is 1. The van der Waals surface area contributed by atoms with Crippen LogP contribution in [-0.2, 0) is 5.75 Å². The van der Waals surface area contributed by atoms with Gasteiger partial charge >= 0.3 is 0 Å². The molecule has 96 valence electrons. The highest BCUT2D eigenvalue weighted by atomic mass is 32.2. The number of hydrogen-bond acceptors (Lipinski definition) is 4. The summed E-state index contributed by atoms with van der Waals surface area (Å²) in [6, 6.07) is 10.3. The number of fused-ring (bicyclic) bond motifs is 1. The fourth-order valence-corrected chi connectivity index (χ4v) is 2.66. The van der Waals surface area contributed by atoms with E-state index in [0.29, 0.717) is 5.25 Å². The van der Waals surface area contributed by atoms with Gasteiger partial charge in [0.1, 0.15) is 5.82 Å². The number of nitrogens with zero attached hydrogens (tertiary/aromatic N) is 1. The summed E-state index contributed by atoms with van der Waals surface area (Å²) in [5.41, 5.74) is 4.85. The van der Waals surface area contributed by atoms with Crippen molar-refractivity contribution in [3.05, 3.63) is 35.9 Å². The molecular weight excluding hydrogens is 242 g/mol. The first-order valence-corrected chi connectivity index (χ1v) is 7.26. The first-order chi connectivity index (χ1) is 8.74. The van der Waals surface area contributed by atoms with Gasteiger partial charge in [-0.1, -0.05) is 32.0 Å². The summed E-state index contributed by atoms with van der Waals surface area (Å²) in [5.74, 6) is 7.28. The number of para-hydroxylation sites is 1. The zero-order valence-electron chi connectivity index (χ0n) is 10.8. The molecule has 3 nitrogen and oxygen atoms in total. The molecule has 18 heavy (non-hydrogen) atoms. The van der Waals surface area contributed by atoms with Gasteiger partial charge in [0, 0.05) is 22.0 Å². The predicted octanol–water partition coefficient (Wildman–Crippen LogP) is 3.55. The average Bonchev–Trinajstić information content (AvgIpc) is 2.43. The molecule has 2 aromatic rings. The van der Waals surface area contributed by atoms with Crippen molar-refractivity contribution in [3.63, 3.8) is 0 Å². The molecule has 0 saturated heterocycles. The SMILES string of the molecule is CCC(C)SCc1cc2ccccc2nc1NN. The maximum absolute atomic E-state index is 5.56. The fourth-order valence-electron chi connectivity index (χ4n) is 1.74. The number of hydrogen-bond donors (Lipinski definition) is 2. The zero-order chi connectivity index (χ0) is 13.0. The quantitative estimate of drug-likeness (QED) is 0.638. The van der Waals surface area contributed by atoms with E-state index in [-0.39, 0.29) is 0 Å². The minimum Gasteiger partial charge on any atom is -0.308 e. The highest BCUT2D eigenvalue weighted by Gasteiger charge is 2.07. The number of pyridine rings is 1. The largest absolute Gasteiger partial charge is 0.308 e. The molecule has 0 amide bonds. The number of nitrogens with one attached hydrogen (secondary N) is 1. The minimum atomic E-state index is 0.655. The van der Waals surface area contributed by atoms with E-state index >= 15 is 0 Å². The normalized spacial score (nSPS) is 12.6. The van der Waals surface area contributed by atoms with Crippen LogP contribution in [0.15, 0.2) is 30.3 Å². The molecule has 1 aromatic carbocycles. The van der Waals surface area contributed by atoms with E-state index in [1.165, 1.54) is 12.0 Å². The number of hydrazine groups is 1. The maximum Gasteiger partial charge on any atom is 0.144 e. The molecule has 2 rings (SSSR count). The third kappa shape index (κ3) is 2.94. The van der Waals surface area contributed by atoms with E-state index in [9.17, 15) is 0 Å². The van der Waals surface area contributed by atoms with Crippen LogP contribution >= 0.6 is 11.8 Å². The Bertz CT molecular complexity index is 527. The van der Waals surface area contributed by atoms with Crippen molar-refractivity contribution in [1.29, 1.82) is 0 Å². The summed E-state index contributed by atoms with van der Waals surface area (Å²) in [6.07, 6.45) is 1.18. The Balaban J connectivity index is 2.30. The number of thioether (sulfide) groups is 1. The molecule has 0 radical (unpaired) electrons. The summed E-state index contributed by atoms with van der Waals surface area (Å²) in [6.45, 7) is 4.45. The Kier molecular flexibility index (Phi) is 4.44. The first kappa shape index (κ1) is 13.2. The number of rotatable bonds is 5. The van der Waals surface area contributed by atoms with Gasteiger partial charge in [0.2, 0.25) is 0 Å². The molecule has 1 aromatic heterocycles. The van der Waals surface area contributed by atoms with Gasteiger partial charge < -0.3 is 5.43 Å². The Hall–Kier alpha value is -1.26. The van der Waals surface area contributed by atoms with Crippen LogP contribution in [0.5, 0.6) is 0 Å². The van der Waals surface area contributed by atoms with Crippen LogP contribution in [0.3, 0.4) is 0 Å². The van der Waals surface area contributed by atoms with Gasteiger partial charge in [0.05, 0.1) is 5.52 Å². The van der Waals surface area contributed by atoms with E-state index in [0.717, 1.165) is 22.5 Å². The smallest absolute Gasteiger partial charge is 0.144 e. The number of nitrogens with two attached hydrogens (primary N) is 1. The summed E-state index contributed by atoms with van der Waals surface area (Å²) in [5, 5.41) is 1.82. The van der Waals surface area contributed by atoms with Gasteiger partial charge in [-0.2, -0.15) is 11.8 Å². The third-order valence-corrected chi connectivity index (χ3v) is 4.42. The van der Waals surface area contributed by atoms with Crippen molar-refractivity contribution in [2.24, 2.45) is 5.84 Å².